The number of hydrogen-bond acceptors (Lipinski definition) is 3. The van der Waals surface area contributed by atoms with Gasteiger partial charge in [-0.05, 0) is 12.1 Å². The number of nitrogen functional groups attached to an aromatic ring is 1. The Kier molecular flexibility index (Phi) is 3.22. The van der Waals surface area contributed by atoms with E-state index in [1.165, 1.54) is 12.1 Å². The number of hydrogen-bond donors (Lipinski definition) is 3. The minimum atomic E-state index is -1.21. The molecule has 80 valence electrons. The van der Waals surface area contributed by atoms with E-state index in [0.29, 0.717) is 0 Å². The van der Waals surface area contributed by atoms with Gasteiger partial charge in [-0.15, -0.1) is 0 Å². The fourth-order valence-electron chi connectivity index (χ4n) is 1.02. The van der Waals surface area contributed by atoms with Gasteiger partial charge in [-0.2, -0.15) is 0 Å². The number of aliphatic carboxylic acids is 1. The van der Waals surface area contributed by atoms with Gasteiger partial charge in [0.2, 0.25) is 0 Å². The zero-order valence-electron chi connectivity index (χ0n) is 7.66. The van der Waals surface area contributed by atoms with Gasteiger partial charge < -0.3 is 16.2 Å². The highest BCUT2D eigenvalue weighted by Crippen LogP contribution is 2.14. The molecule has 0 saturated heterocycles. The minimum Gasteiger partial charge on any atom is -0.480 e. The molecule has 0 aliphatic heterocycles. The van der Waals surface area contributed by atoms with E-state index in [-0.39, 0.29) is 11.3 Å². The van der Waals surface area contributed by atoms with Crippen LogP contribution in [0.3, 0.4) is 0 Å². The van der Waals surface area contributed by atoms with Crippen molar-refractivity contribution in [2.75, 3.05) is 12.3 Å². The topological polar surface area (TPSA) is 92.4 Å². The van der Waals surface area contributed by atoms with E-state index >= 15 is 0 Å². The Hall–Kier alpha value is -2.11. The van der Waals surface area contributed by atoms with E-state index in [2.05, 4.69) is 0 Å². The summed E-state index contributed by atoms with van der Waals surface area (Å²) in [5.41, 5.74) is 5.02. The van der Waals surface area contributed by atoms with Crippen molar-refractivity contribution in [3.8, 4) is 0 Å². The maximum absolute atomic E-state index is 13.1. The number of halogens is 1. The first-order valence-electron chi connectivity index (χ1n) is 4.06. The van der Waals surface area contributed by atoms with Crippen molar-refractivity contribution in [2.24, 2.45) is 0 Å². The molecular weight excluding hydrogens is 203 g/mol. The Balaban J connectivity index is 2.86. The normalized spacial score (nSPS) is 9.67. The first kappa shape index (κ1) is 11.0. The summed E-state index contributed by atoms with van der Waals surface area (Å²) in [6, 6.07) is 3.80. The van der Waals surface area contributed by atoms with Gasteiger partial charge in [-0.3, -0.25) is 9.59 Å². The molecule has 0 saturated carbocycles. The van der Waals surface area contributed by atoms with Crippen molar-refractivity contribution >= 4 is 17.6 Å². The van der Waals surface area contributed by atoms with Crippen LogP contribution in [-0.4, -0.2) is 23.5 Å². The summed E-state index contributed by atoms with van der Waals surface area (Å²) in [4.78, 5) is 21.5. The molecule has 1 aromatic carbocycles. The third kappa shape index (κ3) is 2.67. The molecule has 0 atom stereocenters. The third-order valence-corrected chi connectivity index (χ3v) is 1.67. The van der Waals surface area contributed by atoms with Gasteiger partial charge in [-0.1, -0.05) is 6.07 Å². The number of amides is 1. The number of benzene rings is 1. The number of nitrogens with one attached hydrogen (secondary N) is 1. The Morgan fingerprint density at radius 2 is 2.13 bits per heavy atom. The van der Waals surface area contributed by atoms with E-state index in [1.54, 1.807) is 0 Å². The fraction of sp³-hybridized carbons (Fsp3) is 0.111. The number of nitrogens with two attached hydrogens (primary N) is 1. The molecule has 6 heteroatoms. The van der Waals surface area contributed by atoms with Crippen molar-refractivity contribution in [1.82, 2.24) is 5.32 Å². The van der Waals surface area contributed by atoms with Gasteiger partial charge >= 0.3 is 5.97 Å². The van der Waals surface area contributed by atoms with E-state index in [0.717, 1.165) is 6.07 Å². The van der Waals surface area contributed by atoms with Gasteiger partial charge in [0, 0.05) is 5.69 Å². The molecule has 0 aliphatic carbocycles. The van der Waals surface area contributed by atoms with Crippen LogP contribution in [0.4, 0.5) is 10.1 Å². The summed E-state index contributed by atoms with van der Waals surface area (Å²) in [7, 11) is 0. The highest BCUT2D eigenvalue weighted by Gasteiger charge is 2.15. The lowest BCUT2D eigenvalue weighted by atomic mass is 10.1. The lowest BCUT2D eigenvalue weighted by Crippen LogP contribution is -2.30. The summed E-state index contributed by atoms with van der Waals surface area (Å²) in [6.07, 6.45) is 0. The van der Waals surface area contributed by atoms with Crippen LogP contribution < -0.4 is 11.1 Å². The number of carboxylic acid groups (broad SMARTS) is 1. The molecule has 0 aromatic heterocycles. The van der Waals surface area contributed by atoms with E-state index in [9.17, 15) is 14.0 Å². The second kappa shape index (κ2) is 4.41. The van der Waals surface area contributed by atoms with Crippen LogP contribution in [0.15, 0.2) is 18.2 Å². The summed E-state index contributed by atoms with van der Waals surface area (Å²) in [6.45, 7) is -0.577. The molecule has 0 spiro atoms. The van der Waals surface area contributed by atoms with Crippen LogP contribution in [-0.2, 0) is 4.79 Å². The first-order chi connectivity index (χ1) is 7.02. The number of rotatable bonds is 3. The monoisotopic (exact) mass is 212 g/mol. The number of carbonyl (C=O) groups excluding carboxylic acids is 1. The average Bonchev–Trinajstić information content (AvgIpc) is 2.14. The molecule has 0 fully saturated rings. The Morgan fingerprint density at radius 1 is 1.47 bits per heavy atom. The van der Waals surface area contributed by atoms with Crippen LogP contribution in [0, 0.1) is 5.82 Å². The molecule has 5 nitrogen and oxygen atoms in total. The molecule has 0 unspecified atom stereocenters. The van der Waals surface area contributed by atoms with Gasteiger partial charge in [0.15, 0.2) is 0 Å². The van der Waals surface area contributed by atoms with Gasteiger partial charge in [-0.25, -0.2) is 4.39 Å². The highest BCUT2D eigenvalue weighted by molar-refractivity contribution is 6.00. The zero-order chi connectivity index (χ0) is 11.4. The van der Waals surface area contributed by atoms with E-state index in [1.807, 2.05) is 5.32 Å². The predicted octanol–water partition coefficient (Wildman–Crippen LogP) is 0.222. The molecule has 1 amide bonds. The summed E-state index contributed by atoms with van der Waals surface area (Å²) in [5, 5.41) is 10.3. The quantitative estimate of drug-likeness (QED) is 0.625. The zero-order valence-corrected chi connectivity index (χ0v) is 7.66. The average molecular weight is 212 g/mol. The number of carboxylic acids is 1. The van der Waals surface area contributed by atoms with E-state index in [4.69, 9.17) is 10.8 Å². The standard InChI is InChI=1S/C9H9FN2O3/c10-5-2-1-3-6(11)8(5)9(15)12-4-7(13)14/h1-3H,4,11H2,(H,12,15)(H,13,14). The molecule has 1 rings (SSSR count). The fourth-order valence-corrected chi connectivity index (χ4v) is 1.02. The van der Waals surface area contributed by atoms with Gasteiger partial charge in [0.25, 0.3) is 5.91 Å². The second-order valence-electron chi connectivity index (χ2n) is 2.78. The van der Waals surface area contributed by atoms with Crippen LogP contribution in [0.5, 0.6) is 0 Å². The molecule has 4 N–H and O–H groups in total. The molecular formula is C9H9FN2O3. The molecule has 15 heavy (non-hydrogen) atoms. The second-order valence-corrected chi connectivity index (χ2v) is 2.78. The van der Waals surface area contributed by atoms with Crippen LogP contribution >= 0.6 is 0 Å². The summed E-state index contributed by atoms with van der Waals surface area (Å²) in [5.74, 6) is -2.83. The molecule has 0 aliphatic rings. The maximum atomic E-state index is 13.1. The first-order valence-corrected chi connectivity index (χ1v) is 4.06. The lowest BCUT2D eigenvalue weighted by molar-refractivity contribution is -0.135. The van der Waals surface area contributed by atoms with Crippen molar-refractivity contribution < 1.29 is 19.1 Å². The maximum Gasteiger partial charge on any atom is 0.322 e. The Morgan fingerprint density at radius 3 is 2.67 bits per heavy atom. The van der Waals surface area contributed by atoms with Crippen molar-refractivity contribution in [3.63, 3.8) is 0 Å². The predicted molar refractivity (Wildman–Crippen MR) is 50.8 cm³/mol. The molecule has 0 heterocycles. The Labute approximate surface area is 84.7 Å². The number of carbonyl (C=O) groups is 2. The smallest absolute Gasteiger partial charge is 0.322 e. The molecule has 0 bridgehead atoms. The molecule has 1 aromatic rings. The minimum absolute atomic E-state index is 0.0297. The van der Waals surface area contributed by atoms with Crippen LogP contribution in [0.1, 0.15) is 10.4 Å². The largest absolute Gasteiger partial charge is 0.480 e. The van der Waals surface area contributed by atoms with E-state index < -0.39 is 24.2 Å². The summed E-state index contributed by atoms with van der Waals surface area (Å²) < 4.78 is 13.1. The van der Waals surface area contributed by atoms with Crippen LogP contribution in [0.25, 0.3) is 0 Å². The van der Waals surface area contributed by atoms with Crippen LogP contribution in [0.2, 0.25) is 0 Å². The molecule has 0 radical (unpaired) electrons. The van der Waals surface area contributed by atoms with Crippen molar-refractivity contribution in [3.05, 3.63) is 29.6 Å². The van der Waals surface area contributed by atoms with Gasteiger partial charge in [0.1, 0.15) is 12.4 Å². The third-order valence-electron chi connectivity index (χ3n) is 1.67. The Bertz CT molecular complexity index is 386. The summed E-state index contributed by atoms with van der Waals surface area (Å²) >= 11 is 0. The lowest BCUT2D eigenvalue weighted by Gasteiger charge is -2.06. The van der Waals surface area contributed by atoms with Crippen molar-refractivity contribution in [1.29, 1.82) is 0 Å². The SMILES string of the molecule is Nc1cccc(F)c1C(=O)NCC(=O)O. The van der Waals surface area contributed by atoms with Gasteiger partial charge in [0.05, 0.1) is 5.56 Å². The highest BCUT2D eigenvalue weighted by atomic mass is 19.1. The number of anilines is 1. The van der Waals surface area contributed by atoms with Crippen molar-refractivity contribution in [2.45, 2.75) is 0 Å².